The van der Waals surface area contributed by atoms with Crippen molar-refractivity contribution >= 4 is 54.7 Å². The van der Waals surface area contributed by atoms with Crippen LogP contribution >= 0.6 is 22.9 Å². The highest BCUT2D eigenvalue weighted by atomic mass is 35.5. The van der Waals surface area contributed by atoms with Gasteiger partial charge in [-0.05, 0) is 56.4 Å². The number of nitrogens with zero attached hydrogens (tertiary/aromatic N) is 5. The van der Waals surface area contributed by atoms with Crippen molar-refractivity contribution in [3.63, 3.8) is 0 Å². The Labute approximate surface area is 238 Å². The van der Waals surface area contributed by atoms with Crippen LogP contribution in [0, 0.1) is 0 Å². The largest absolute Gasteiger partial charge is 0.467 e. The number of sulfonamides is 1. The molecule has 2 aliphatic heterocycles. The number of hydrogen-bond donors (Lipinski definition) is 1. The number of thiazole rings is 1. The van der Waals surface area contributed by atoms with Crippen LogP contribution in [0.5, 0.6) is 5.19 Å². The van der Waals surface area contributed by atoms with Gasteiger partial charge < -0.3 is 14.7 Å². The average Bonchev–Trinajstić information content (AvgIpc) is 3.30. The molecule has 0 saturated carbocycles. The average molecular weight is 592 g/mol. The van der Waals surface area contributed by atoms with E-state index in [1.807, 2.05) is 12.1 Å². The predicted octanol–water partition coefficient (Wildman–Crippen LogP) is 4.76. The number of fused-ring (bicyclic) bond motifs is 1. The Balaban J connectivity index is 1.17. The summed E-state index contributed by atoms with van der Waals surface area (Å²) >= 11 is 7.44. The Bertz CT molecular complexity index is 1430. The van der Waals surface area contributed by atoms with E-state index < -0.39 is 15.6 Å². The van der Waals surface area contributed by atoms with Crippen LogP contribution in [0.4, 0.5) is 5.95 Å². The molecule has 1 aromatic carbocycles. The number of rotatable bonds is 9. The SMILES string of the molecule is CC(C)(O)CCCS(=O)(=O)N1CC=C(c2ccc3nc(OC4CCN(c5ncc(Cl)cn5)CC4)sc3c2)CC1. The van der Waals surface area contributed by atoms with Crippen LogP contribution in [-0.2, 0) is 10.0 Å². The molecule has 1 saturated heterocycles. The molecule has 0 radical (unpaired) electrons. The highest BCUT2D eigenvalue weighted by molar-refractivity contribution is 7.89. The van der Waals surface area contributed by atoms with Gasteiger partial charge in [-0.25, -0.2) is 23.4 Å². The molecule has 210 valence electrons. The fourth-order valence-corrected chi connectivity index (χ4v) is 7.38. The zero-order valence-electron chi connectivity index (χ0n) is 22.2. The van der Waals surface area contributed by atoms with Gasteiger partial charge in [-0.3, -0.25) is 0 Å². The van der Waals surface area contributed by atoms with Crippen LogP contribution in [0.2, 0.25) is 5.02 Å². The second-order valence-electron chi connectivity index (χ2n) is 10.7. The van der Waals surface area contributed by atoms with Gasteiger partial charge in [-0.1, -0.05) is 35.1 Å². The van der Waals surface area contributed by atoms with Gasteiger partial charge >= 0.3 is 0 Å². The van der Waals surface area contributed by atoms with Crippen LogP contribution in [0.3, 0.4) is 0 Å². The third-order valence-corrected chi connectivity index (χ3v) is 10.1. The minimum Gasteiger partial charge on any atom is -0.467 e. The lowest BCUT2D eigenvalue weighted by Crippen LogP contribution is -2.39. The summed E-state index contributed by atoms with van der Waals surface area (Å²) in [5.41, 5.74) is 2.29. The lowest BCUT2D eigenvalue weighted by molar-refractivity contribution is 0.0704. The number of aromatic nitrogens is 3. The Morgan fingerprint density at radius 3 is 2.59 bits per heavy atom. The molecule has 39 heavy (non-hydrogen) atoms. The van der Waals surface area contributed by atoms with Crippen molar-refractivity contribution in [3.8, 4) is 5.19 Å². The number of benzene rings is 1. The number of hydrogen-bond acceptors (Lipinski definition) is 9. The summed E-state index contributed by atoms with van der Waals surface area (Å²) in [6, 6.07) is 6.19. The molecular weight excluding hydrogens is 558 g/mol. The minimum absolute atomic E-state index is 0.0592. The summed E-state index contributed by atoms with van der Waals surface area (Å²) < 4.78 is 34.3. The van der Waals surface area contributed by atoms with E-state index in [1.54, 1.807) is 41.9 Å². The molecule has 0 bridgehead atoms. The van der Waals surface area contributed by atoms with Crippen molar-refractivity contribution in [2.45, 2.75) is 57.7 Å². The summed E-state index contributed by atoms with van der Waals surface area (Å²) in [6.45, 7) is 5.85. The fraction of sp³-hybridized carbons (Fsp3) is 0.519. The topological polar surface area (TPSA) is 109 Å². The Hall–Kier alpha value is -2.31. The quantitative estimate of drug-likeness (QED) is 0.379. The molecule has 1 fully saturated rings. The first-order valence-electron chi connectivity index (χ1n) is 13.3. The van der Waals surface area contributed by atoms with Gasteiger partial charge in [0.2, 0.25) is 16.0 Å². The van der Waals surface area contributed by atoms with E-state index in [9.17, 15) is 13.5 Å². The van der Waals surface area contributed by atoms with Crippen LogP contribution in [0.25, 0.3) is 15.8 Å². The molecule has 0 unspecified atom stereocenters. The minimum atomic E-state index is -3.34. The van der Waals surface area contributed by atoms with E-state index in [0.717, 1.165) is 47.3 Å². The smallest absolute Gasteiger partial charge is 0.274 e. The number of aliphatic hydroxyl groups is 1. The van der Waals surface area contributed by atoms with Gasteiger partial charge in [0.05, 0.1) is 39.0 Å². The highest BCUT2D eigenvalue weighted by Crippen LogP contribution is 2.33. The molecule has 0 amide bonds. The Morgan fingerprint density at radius 1 is 1.18 bits per heavy atom. The summed E-state index contributed by atoms with van der Waals surface area (Å²) in [5, 5.41) is 11.1. The lowest BCUT2D eigenvalue weighted by Gasteiger charge is -2.31. The van der Waals surface area contributed by atoms with Crippen molar-refractivity contribution in [1.82, 2.24) is 19.3 Å². The summed E-state index contributed by atoms with van der Waals surface area (Å²) in [5.74, 6) is 0.748. The summed E-state index contributed by atoms with van der Waals surface area (Å²) in [4.78, 5) is 15.4. The van der Waals surface area contributed by atoms with Crippen molar-refractivity contribution in [1.29, 1.82) is 0 Å². The first kappa shape index (κ1) is 28.2. The fourth-order valence-electron chi connectivity index (χ4n) is 4.92. The summed E-state index contributed by atoms with van der Waals surface area (Å²) in [6.07, 6.45) is 8.61. The van der Waals surface area contributed by atoms with Gasteiger partial charge in [-0.2, -0.15) is 4.31 Å². The van der Waals surface area contributed by atoms with Crippen LogP contribution in [0.15, 0.2) is 36.7 Å². The molecule has 5 rings (SSSR count). The van der Waals surface area contributed by atoms with Gasteiger partial charge in [-0.15, -0.1) is 0 Å². The van der Waals surface area contributed by atoms with Crippen LogP contribution in [0.1, 0.15) is 51.5 Å². The van der Waals surface area contributed by atoms with E-state index >= 15 is 0 Å². The van der Waals surface area contributed by atoms with E-state index in [-0.39, 0.29) is 11.9 Å². The van der Waals surface area contributed by atoms with Gasteiger partial charge in [0.25, 0.3) is 5.19 Å². The standard InChI is InChI=1S/C27H34ClN5O4S2/c1-27(2,34)10-3-15-39(35,36)33-13-6-19(7-14-33)20-4-5-23-24(16-20)38-26(31-23)37-22-8-11-32(12-9-22)25-29-17-21(28)18-30-25/h4-6,16-18,22,34H,3,7-15H2,1-2H3. The highest BCUT2D eigenvalue weighted by Gasteiger charge is 2.26. The third kappa shape index (κ3) is 7.26. The second-order valence-corrected chi connectivity index (χ2v) is 14.3. The number of halogens is 1. The van der Waals surface area contributed by atoms with Crippen LogP contribution < -0.4 is 9.64 Å². The normalized spacial score (nSPS) is 17.9. The number of anilines is 1. The third-order valence-electron chi connectivity index (χ3n) is 7.09. The lowest BCUT2D eigenvalue weighted by atomic mass is 10.0. The maximum absolute atomic E-state index is 12.7. The van der Waals surface area contributed by atoms with Crippen molar-refractivity contribution in [2.75, 3.05) is 36.8 Å². The molecule has 0 atom stereocenters. The first-order valence-corrected chi connectivity index (χ1v) is 16.1. The molecule has 12 heteroatoms. The maximum Gasteiger partial charge on any atom is 0.274 e. The maximum atomic E-state index is 12.7. The Morgan fingerprint density at radius 2 is 1.92 bits per heavy atom. The van der Waals surface area contributed by atoms with E-state index in [2.05, 4.69) is 32.0 Å². The van der Waals surface area contributed by atoms with Gasteiger partial charge in [0.15, 0.2) is 0 Å². The zero-order valence-corrected chi connectivity index (χ0v) is 24.6. The van der Waals surface area contributed by atoms with Crippen molar-refractivity contribution < 1.29 is 18.3 Å². The molecule has 2 aliphatic rings. The first-order chi connectivity index (χ1) is 18.6. The van der Waals surface area contributed by atoms with Gasteiger partial charge in [0, 0.05) is 39.0 Å². The van der Waals surface area contributed by atoms with Crippen molar-refractivity contribution in [2.24, 2.45) is 0 Å². The molecule has 0 aliphatic carbocycles. The van der Waals surface area contributed by atoms with Gasteiger partial charge in [0.1, 0.15) is 6.10 Å². The van der Waals surface area contributed by atoms with E-state index in [1.165, 1.54) is 0 Å². The molecule has 3 aromatic rings. The number of piperidine rings is 1. The van der Waals surface area contributed by atoms with Crippen molar-refractivity contribution in [3.05, 3.63) is 47.3 Å². The monoisotopic (exact) mass is 591 g/mol. The number of ether oxygens (including phenoxy) is 1. The Kier molecular flexibility index (Phi) is 8.44. The molecular formula is C27H34ClN5O4S2. The molecule has 1 N–H and O–H groups in total. The molecule has 9 nitrogen and oxygen atoms in total. The molecule has 2 aromatic heterocycles. The predicted molar refractivity (Wildman–Crippen MR) is 156 cm³/mol. The van der Waals surface area contributed by atoms with E-state index in [0.29, 0.717) is 48.5 Å². The summed E-state index contributed by atoms with van der Waals surface area (Å²) in [7, 11) is -3.34. The zero-order chi connectivity index (χ0) is 27.6. The van der Waals surface area contributed by atoms with Crippen LogP contribution in [-0.4, -0.2) is 76.4 Å². The molecule has 0 spiro atoms. The molecule has 4 heterocycles. The van der Waals surface area contributed by atoms with E-state index in [4.69, 9.17) is 16.3 Å². The second kappa shape index (κ2) is 11.7.